The van der Waals surface area contributed by atoms with Crippen LogP contribution in [0.2, 0.25) is 0 Å². The third kappa shape index (κ3) is 3.49. The quantitative estimate of drug-likeness (QED) is 0.692. The molecule has 3 aliphatic heterocycles. The lowest BCUT2D eigenvalue weighted by Gasteiger charge is -2.34. The number of nitrogens with one attached hydrogen (secondary N) is 2. The second kappa shape index (κ2) is 7.17. The number of hydrogen-bond acceptors (Lipinski definition) is 6. The Kier molecular flexibility index (Phi) is 4.52. The fourth-order valence-electron chi connectivity index (χ4n) is 3.48. The third-order valence-electron chi connectivity index (χ3n) is 4.70. The van der Waals surface area contributed by atoms with E-state index in [-0.39, 0.29) is 5.91 Å². The van der Waals surface area contributed by atoms with Gasteiger partial charge in [-0.05, 0) is 32.1 Å². The zero-order chi connectivity index (χ0) is 20.8. The summed E-state index contributed by atoms with van der Waals surface area (Å²) in [4.78, 5) is 26.2. The van der Waals surface area contributed by atoms with Crippen LogP contribution < -0.4 is 10.6 Å². The Morgan fingerprint density at radius 2 is 2.04 bits per heavy atom. The van der Waals surface area contributed by atoms with Crippen molar-refractivity contribution in [3.63, 3.8) is 0 Å². The minimum absolute atomic E-state index is 0.328. The highest BCUT2D eigenvalue weighted by Crippen LogP contribution is 2.40. The van der Waals surface area contributed by atoms with Crippen LogP contribution in [-0.2, 0) is 14.2 Å². The van der Waals surface area contributed by atoms with Crippen molar-refractivity contribution in [1.29, 1.82) is 0 Å². The number of ether oxygens (including phenoxy) is 3. The minimum atomic E-state index is -1.75. The summed E-state index contributed by atoms with van der Waals surface area (Å²) in [5, 5.41) is 15.0. The summed E-state index contributed by atoms with van der Waals surface area (Å²) < 4.78 is 25.6. The first-order valence-electron chi connectivity index (χ1n) is 9.50. The van der Waals surface area contributed by atoms with Crippen LogP contribution in [0.4, 0.5) is 4.79 Å². The van der Waals surface area contributed by atoms with Crippen molar-refractivity contribution in [2.45, 2.75) is 50.3 Å². The molecule has 3 heterocycles. The highest BCUT2D eigenvalue weighted by Gasteiger charge is 2.57. The van der Waals surface area contributed by atoms with Crippen molar-refractivity contribution < 1.29 is 30.3 Å². The Hall–Kier alpha value is -2.46. The number of benzene rings is 1. The number of carbonyl (C=O) groups is 2. The molecule has 1 aromatic rings. The number of aliphatic hydroxyl groups is 1. The van der Waals surface area contributed by atoms with Gasteiger partial charge in [-0.3, -0.25) is 9.69 Å². The lowest BCUT2D eigenvalue weighted by atomic mass is 10.1. The van der Waals surface area contributed by atoms with E-state index in [0.29, 0.717) is 5.56 Å². The van der Waals surface area contributed by atoms with E-state index in [0.717, 1.165) is 0 Å². The highest BCUT2D eigenvalue weighted by atomic mass is 16.8. The molecule has 0 radical (unpaired) electrons. The largest absolute Gasteiger partial charge is 0.394 e. The van der Waals surface area contributed by atoms with Gasteiger partial charge in [0.15, 0.2) is 12.0 Å². The summed E-state index contributed by atoms with van der Waals surface area (Å²) >= 11 is 0. The maximum Gasteiger partial charge on any atom is 0.325 e. The number of rotatable bonds is 4. The van der Waals surface area contributed by atoms with E-state index < -0.39 is 49.1 Å². The monoisotopic (exact) mass is 390 g/mol. The molecule has 0 aromatic heterocycles. The number of nitrogens with zero attached hydrogens (tertiary/aromatic N) is 1. The molecule has 9 heteroatoms. The van der Waals surface area contributed by atoms with Crippen LogP contribution in [0.3, 0.4) is 0 Å². The average Bonchev–Trinajstić information content (AvgIpc) is 3.15. The zero-order valence-electron chi connectivity index (χ0n) is 16.5. The second-order valence-electron chi connectivity index (χ2n) is 7.17. The predicted octanol–water partition coefficient (Wildman–Crippen LogP) is 0.519. The number of hydrogen-bond donors (Lipinski definition) is 3. The molecule has 0 saturated carbocycles. The van der Waals surface area contributed by atoms with E-state index in [2.05, 4.69) is 10.6 Å². The van der Waals surface area contributed by atoms with Crippen molar-refractivity contribution in [3.05, 3.63) is 48.2 Å². The summed E-state index contributed by atoms with van der Waals surface area (Å²) in [5.41, 5.74) is 0.472. The fourth-order valence-corrected chi connectivity index (χ4v) is 3.48. The van der Waals surface area contributed by atoms with E-state index in [1.54, 1.807) is 50.3 Å². The number of amides is 3. The molecule has 9 nitrogen and oxygen atoms in total. The zero-order valence-corrected chi connectivity index (χ0v) is 15.5. The van der Waals surface area contributed by atoms with Gasteiger partial charge in [0.05, 0.1) is 7.98 Å². The Morgan fingerprint density at radius 1 is 1.32 bits per heavy atom. The van der Waals surface area contributed by atoms with Gasteiger partial charge in [0.2, 0.25) is 0 Å². The highest BCUT2D eigenvalue weighted by molar-refractivity contribution is 5.94. The van der Waals surface area contributed by atoms with Gasteiger partial charge in [-0.15, -0.1) is 0 Å². The van der Waals surface area contributed by atoms with Crippen molar-refractivity contribution >= 4 is 11.9 Å². The number of fused-ring (bicyclic) bond motifs is 1. The first kappa shape index (κ1) is 17.6. The summed E-state index contributed by atoms with van der Waals surface area (Å²) in [6.45, 7) is 2.78. The lowest BCUT2D eigenvalue weighted by Crippen LogP contribution is -2.57. The number of urea groups is 1. The van der Waals surface area contributed by atoms with Crippen LogP contribution in [-0.4, -0.2) is 65.0 Å². The van der Waals surface area contributed by atoms with Gasteiger partial charge in [-0.2, -0.15) is 0 Å². The SMILES string of the molecule is [2H][C@]1(CO)O[C@@H](N2C=CC(NC(=O)c3ccccc3)NC2=O)[C@@H]2OC(C)(C)O[C@@H]21. The topological polar surface area (TPSA) is 109 Å². The van der Waals surface area contributed by atoms with Crippen LogP contribution in [0.25, 0.3) is 0 Å². The minimum Gasteiger partial charge on any atom is -0.394 e. The van der Waals surface area contributed by atoms with Crippen LogP contribution >= 0.6 is 0 Å². The van der Waals surface area contributed by atoms with Crippen LogP contribution in [0, 0.1) is 0 Å². The molecule has 3 N–H and O–H groups in total. The Labute approximate surface area is 163 Å². The number of carbonyl (C=O) groups excluding carboxylic acids is 2. The van der Waals surface area contributed by atoms with Gasteiger partial charge >= 0.3 is 6.03 Å². The number of aliphatic hydroxyl groups excluding tert-OH is 1. The van der Waals surface area contributed by atoms with Gasteiger partial charge in [-0.25, -0.2) is 4.79 Å². The maximum absolute atomic E-state index is 12.7. The van der Waals surface area contributed by atoms with Crippen molar-refractivity contribution in [2.24, 2.45) is 0 Å². The molecule has 150 valence electrons. The van der Waals surface area contributed by atoms with Gasteiger partial charge in [0.25, 0.3) is 5.91 Å². The first-order valence-corrected chi connectivity index (χ1v) is 9.00. The predicted molar refractivity (Wildman–Crippen MR) is 96.8 cm³/mol. The van der Waals surface area contributed by atoms with Crippen LogP contribution in [0.5, 0.6) is 0 Å². The van der Waals surface area contributed by atoms with E-state index >= 15 is 0 Å². The van der Waals surface area contributed by atoms with E-state index in [1.807, 2.05) is 0 Å². The molecule has 28 heavy (non-hydrogen) atoms. The average molecular weight is 390 g/mol. The van der Waals surface area contributed by atoms with E-state index in [9.17, 15) is 14.7 Å². The molecule has 2 fully saturated rings. The van der Waals surface area contributed by atoms with Gasteiger partial charge < -0.3 is 30.0 Å². The van der Waals surface area contributed by atoms with Crippen LogP contribution in [0.15, 0.2) is 42.6 Å². The molecule has 1 aromatic carbocycles. The van der Waals surface area contributed by atoms with Crippen molar-refractivity contribution in [2.75, 3.05) is 6.61 Å². The van der Waals surface area contributed by atoms with Crippen molar-refractivity contribution in [1.82, 2.24) is 15.5 Å². The smallest absolute Gasteiger partial charge is 0.325 e. The maximum atomic E-state index is 12.7. The summed E-state index contributed by atoms with van der Waals surface area (Å²) in [6.07, 6.45) is -1.98. The van der Waals surface area contributed by atoms with Gasteiger partial charge in [-0.1, -0.05) is 18.2 Å². The third-order valence-corrected chi connectivity index (χ3v) is 4.70. The second-order valence-corrected chi connectivity index (χ2v) is 7.17. The molecule has 1 unspecified atom stereocenters. The molecule has 0 bridgehead atoms. The normalized spacial score (nSPS) is 36.6. The van der Waals surface area contributed by atoms with Crippen LogP contribution in [0.1, 0.15) is 25.6 Å². The van der Waals surface area contributed by atoms with E-state index in [4.69, 9.17) is 15.6 Å². The molecule has 0 spiro atoms. The molecule has 5 atom stereocenters. The molecule has 3 amide bonds. The Bertz CT molecular complexity index is 834. The van der Waals surface area contributed by atoms with Crippen molar-refractivity contribution in [3.8, 4) is 0 Å². The molecule has 3 aliphatic rings. The Balaban J connectivity index is 1.48. The Morgan fingerprint density at radius 3 is 2.71 bits per heavy atom. The standard InChI is InChI=1S/C19H23N3O6/c1-19(2)27-14-12(10-23)26-17(15(14)28-19)22-9-8-13(21-18(22)25)20-16(24)11-6-4-3-5-7-11/h3-9,12-15,17,23H,10H2,1-2H3,(H,20,24)(H,21,25)/t12-,13?,14-,15-,17-/m1/s1/i12D. The van der Waals surface area contributed by atoms with E-state index in [1.165, 1.54) is 11.1 Å². The fraction of sp³-hybridized carbons (Fsp3) is 0.474. The first-order chi connectivity index (χ1) is 13.7. The molecule has 2 saturated heterocycles. The lowest BCUT2D eigenvalue weighted by molar-refractivity contribution is -0.201. The summed E-state index contributed by atoms with van der Waals surface area (Å²) in [5.74, 6) is -1.30. The summed E-state index contributed by atoms with van der Waals surface area (Å²) in [6, 6.07) is 8.11. The summed E-state index contributed by atoms with van der Waals surface area (Å²) in [7, 11) is 0. The molecular formula is C19H23N3O6. The van der Waals surface area contributed by atoms with Gasteiger partial charge in [0.1, 0.15) is 24.5 Å². The van der Waals surface area contributed by atoms with Gasteiger partial charge in [0, 0.05) is 11.8 Å². The molecule has 0 aliphatic carbocycles. The molecule has 4 rings (SSSR count). The molecular weight excluding hydrogens is 366 g/mol.